The molecule has 0 amide bonds. The molecule has 0 spiro atoms. The van der Waals surface area contributed by atoms with Crippen LogP contribution in [0, 0.1) is 0 Å². The largest absolute Gasteiger partial charge is 0.468 e. The summed E-state index contributed by atoms with van der Waals surface area (Å²) in [4.78, 5) is 13.6. The average Bonchev–Trinajstić information content (AvgIpc) is 2.92. The van der Waals surface area contributed by atoms with E-state index < -0.39 is 30.9 Å². The molecule has 36 heavy (non-hydrogen) atoms. The second kappa shape index (κ2) is 14.3. The Morgan fingerprint density at radius 3 is 2.22 bits per heavy atom. The van der Waals surface area contributed by atoms with Gasteiger partial charge < -0.3 is 42.6 Å². The highest BCUT2D eigenvalue weighted by Crippen LogP contribution is 2.36. The van der Waals surface area contributed by atoms with Crippen molar-refractivity contribution in [2.75, 3.05) is 80.1 Å². The summed E-state index contributed by atoms with van der Waals surface area (Å²) in [5.74, 6) is -0.297. The lowest BCUT2D eigenvalue weighted by Gasteiger charge is -2.48. The average molecular weight is 512 g/mol. The van der Waals surface area contributed by atoms with Crippen molar-refractivity contribution >= 4 is 5.97 Å². The lowest BCUT2D eigenvalue weighted by Crippen LogP contribution is -2.63. The highest BCUT2D eigenvalue weighted by Gasteiger charge is 2.51. The molecule has 1 aromatic carbocycles. The molecule has 3 fully saturated rings. The van der Waals surface area contributed by atoms with E-state index in [-0.39, 0.29) is 18.6 Å². The number of esters is 1. The first kappa shape index (κ1) is 27.4. The van der Waals surface area contributed by atoms with Gasteiger partial charge in [0.05, 0.1) is 59.9 Å². The van der Waals surface area contributed by atoms with Crippen LogP contribution in [0.1, 0.15) is 11.9 Å². The Labute approximate surface area is 211 Å². The molecule has 3 aliphatic heterocycles. The van der Waals surface area contributed by atoms with Crippen LogP contribution in [0.15, 0.2) is 30.3 Å². The number of ether oxygens (including phenoxy) is 9. The molecular weight excluding hydrogens is 474 g/mol. The quantitative estimate of drug-likeness (QED) is 0.536. The fourth-order valence-electron chi connectivity index (χ4n) is 4.48. The van der Waals surface area contributed by atoms with E-state index in [2.05, 4.69) is 0 Å². The van der Waals surface area contributed by atoms with E-state index in [1.54, 1.807) is 7.11 Å². The summed E-state index contributed by atoms with van der Waals surface area (Å²) in [5, 5.41) is 0. The third-order valence-corrected chi connectivity index (χ3v) is 6.35. The molecule has 202 valence electrons. The molecule has 3 heterocycles. The Morgan fingerprint density at radius 1 is 0.861 bits per heavy atom. The number of nitrogens with zero attached hydrogens (tertiary/aromatic N) is 1. The van der Waals surface area contributed by atoms with E-state index in [0.717, 1.165) is 5.56 Å². The first-order valence-corrected chi connectivity index (χ1v) is 12.4. The summed E-state index contributed by atoms with van der Waals surface area (Å²) in [7, 11) is 2.95. The van der Waals surface area contributed by atoms with E-state index in [1.807, 2.05) is 35.2 Å². The fraction of sp³-hybridized carbons (Fsp3) is 0.720. The van der Waals surface area contributed by atoms with Gasteiger partial charge in [-0.3, -0.25) is 9.69 Å². The highest BCUT2D eigenvalue weighted by molar-refractivity contribution is 5.71. The van der Waals surface area contributed by atoms with E-state index >= 15 is 0 Å². The lowest BCUT2D eigenvalue weighted by atomic mass is 9.97. The molecule has 0 N–H and O–H groups in total. The maximum atomic E-state index is 11.7. The standard InChI is InChI=1S/C25H37NO10/c1-28-20(27)16-26-8-10-30-12-14-32-22-21-19(17-34-24(36-21)18-6-4-3-5-7-18)35-25(29-2)23(22)33-15-13-31-11-9-26/h3-7,19,21-25H,8-17H2,1-2H3/t19-,21-,22+,23-,24-,25+/m1/s1. The highest BCUT2D eigenvalue weighted by atomic mass is 16.8. The van der Waals surface area contributed by atoms with Crippen LogP contribution in [-0.2, 0) is 47.4 Å². The van der Waals surface area contributed by atoms with Crippen LogP contribution in [0.5, 0.6) is 0 Å². The number of methoxy groups -OCH3 is 2. The molecule has 11 heteroatoms. The van der Waals surface area contributed by atoms with Crippen molar-refractivity contribution in [3.63, 3.8) is 0 Å². The number of hydrogen-bond donors (Lipinski definition) is 0. The topological polar surface area (TPSA) is 103 Å². The van der Waals surface area contributed by atoms with Crippen molar-refractivity contribution < 1.29 is 47.4 Å². The van der Waals surface area contributed by atoms with Crippen molar-refractivity contribution in [2.24, 2.45) is 0 Å². The molecule has 0 aliphatic carbocycles. The third-order valence-electron chi connectivity index (χ3n) is 6.35. The van der Waals surface area contributed by atoms with E-state index in [1.165, 1.54) is 7.11 Å². The Balaban J connectivity index is 1.42. The summed E-state index contributed by atoms with van der Waals surface area (Å²) in [6.45, 7) is 3.95. The molecule has 0 aromatic heterocycles. The smallest absolute Gasteiger partial charge is 0.319 e. The summed E-state index contributed by atoms with van der Waals surface area (Å²) in [6, 6.07) is 9.77. The first-order chi connectivity index (χ1) is 17.7. The van der Waals surface area contributed by atoms with Crippen LogP contribution < -0.4 is 0 Å². The van der Waals surface area contributed by atoms with E-state index in [0.29, 0.717) is 59.3 Å². The van der Waals surface area contributed by atoms with Crippen LogP contribution in [0.2, 0.25) is 0 Å². The predicted octanol–water partition coefficient (Wildman–Crippen LogP) is 0.764. The molecular formula is C25H37NO10. The van der Waals surface area contributed by atoms with Gasteiger partial charge in [0.15, 0.2) is 12.6 Å². The normalized spacial score (nSPS) is 33.4. The maximum absolute atomic E-state index is 11.7. The Kier molecular flexibility index (Phi) is 10.9. The van der Waals surface area contributed by atoms with Crippen molar-refractivity contribution in [2.45, 2.75) is 37.0 Å². The van der Waals surface area contributed by atoms with Crippen molar-refractivity contribution in [3.8, 4) is 0 Å². The van der Waals surface area contributed by atoms with Gasteiger partial charge in [0.25, 0.3) is 0 Å². The Bertz CT molecular complexity index is 783. The monoisotopic (exact) mass is 511 g/mol. The Morgan fingerprint density at radius 2 is 1.56 bits per heavy atom. The number of hydrogen-bond acceptors (Lipinski definition) is 11. The summed E-state index contributed by atoms with van der Waals surface area (Å²) in [6.07, 6.45) is -2.97. The zero-order chi connectivity index (χ0) is 25.2. The van der Waals surface area contributed by atoms with Crippen LogP contribution in [0.25, 0.3) is 0 Å². The minimum Gasteiger partial charge on any atom is -0.468 e. The lowest BCUT2D eigenvalue weighted by molar-refractivity contribution is -0.368. The molecule has 6 atom stereocenters. The second-order valence-electron chi connectivity index (χ2n) is 8.70. The Hall–Kier alpha value is -1.67. The molecule has 3 aliphatic rings. The number of rotatable bonds is 4. The van der Waals surface area contributed by atoms with E-state index in [4.69, 9.17) is 42.6 Å². The predicted molar refractivity (Wildman–Crippen MR) is 125 cm³/mol. The maximum Gasteiger partial charge on any atom is 0.319 e. The van der Waals surface area contributed by atoms with E-state index in [9.17, 15) is 4.79 Å². The van der Waals surface area contributed by atoms with Crippen LogP contribution in [0.3, 0.4) is 0 Å². The minimum atomic E-state index is -0.649. The molecule has 0 saturated carbocycles. The minimum absolute atomic E-state index is 0.179. The van der Waals surface area contributed by atoms with Gasteiger partial charge in [-0.1, -0.05) is 30.3 Å². The molecule has 3 saturated heterocycles. The zero-order valence-electron chi connectivity index (χ0n) is 21.0. The third kappa shape index (κ3) is 7.44. The molecule has 0 radical (unpaired) electrons. The van der Waals surface area contributed by atoms with Gasteiger partial charge in [-0.2, -0.15) is 0 Å². The number of carbonyl (C=O) groups excluding carboxylic acids is 1. The summed E-state index contributed by atoms with van der Waals surface area (Å²) >= 11 is 0. The summed E-state index contributed by atoms with van der Waals surface area (Å²) < 4.78 is 52.9. The van der Waals surface area contributed by atoms with Crippen molar-refractivity contribution in [1.82, 2.24) is 4.90 Å². The summed E-state index contributed by atoms with van der Waals surface area (Å²) in [5.41, 5.74) is 0.924. The number of benzene rings is 1. The van der Waals surface area contributed by atoms with Gasteiger partial charge in [-0.25, -0.2) is 0 Å². The van der Waals surface area contributed by atoms with Gasteiger partial charge in [-0.05, 0) is 0 Å². The van der Waals surface area contributed by atoms with Crippen molar-refractivity contribution in [1.29, 1.82) is 0 Å². The number of fused-ring (bicyclic) bond motifs is 3. The van der Waals surface area contributed by atoms with Crippen LogP contribution >= 0.6 is 0 Å². The van der Waals surface area contributed by atoms with Crippen molar-refractivity contribution in [3.05, 3.63) is 35.9 Å². The van der Waals surface area contributed by atoms with Gasteiger partial charge in [0, 0.05) is 25.8 Å². The van der Waals surface area contributed by atoms with Crippen LogP contribution in [0.4, 0.5) is 0 Å². The molecule has 1 aromatic rings. The fourth-order valence-corrected chi connectivity index (χ4v) is 4.48. The van der Waals surface area contributed by atoms with Gasteiger partial charge in [0.1, 0.15) is 24.4 Å². The van der Waals surface area contributed by atoms with Crippen LogP contribution in [-0.4, -0.2) is 122 Å². The van der Waals surface area contributed by atoms with Gasteiger partial charge in [0.2, 0.25) is 0 Å². The first-order valence-electron chi connectivity index (χ1n) is 12.4. The van der Waals surface area contributed by atoms with Gasteiger partial charge >= 0.3 is 5.97 Å². The molecule has 0 bridgehead atoms. The SMILES string of the molecule is COC(=O)CN1CCOCCO[C@@H]2[C@@H](OCCOCC1)[C@@H](OC)O[C@@H]1CO[C@@H](c3ccccc3)O[C@@H]21. The second-order valence-corrected chi connectivity index (χ2v) is 8.70. The molecule has 4 rings (SSSR count). The van der Waals surface area contributed by atoms with Gasteiger partial charge in [-0.15, -0.1) is 0 Å². The number of carbonyl (C=O) groups is 1. The molecule has 11 nitrogen and oxygen atoms in total. The molecule has 0 unspecified atom stereocenters. The zero-order valence-corrected chi connectivity index (χ0v) is 21.0.